The van der Waals surface area contributed by atoms with Crippen molar-refractivity contribution in [3.8, 4) is 6.07 Å². The molecule has 0 saturated carbocycles. The number of fused-ring (bicyclic) bond motifs is 4. The van der Waals surface area contributed by atoms with E-state index < -0.39 is 0 Å². The summed E-state index contributed by atoms with van der Waals surface area (Å²) in [6, 6.07) is 48.2. The quantitative estimate of drug-likeness (QED) is 0.144. The topological polar surface area (TPSA) is 43.9 Å². The summed E-state index contributed by atoms with van der Waals surface area (Å²) in [4.78, 5) is 4.47. The van der Waals surface area contributed by atoms with E-state index in [-0.39, 0.29) is 22.4 Å². The predicted octanol–water partition coefficient (Wildman–Crippen LogP) is 7.36. The molecule has 0 bridgehead atoms. The van der Waals surface area contributed by atoms with E-state index in [9.17, 15) is 0 Å². The van der Waals surface area contributed by atoms with Gasteiger partial charge in [0, 0.05) is 36.4 Å². The SMILES string of the molecule is C1=[N+](c2ccccc2)c2ccccc2[N+]=1c1ccccc1.N#Cc1ccc2c(c1)[n-]c1ccccc12.[Au+]. The van der Waals surface area contributed by atoms with Gasteiger partial charge in [0.05, 0.1) is 11.6 Å². The van der Waals surface area contributed by atoms with E-state index >= 15 is 0 Å². The van der Waals surface area contributed by atoms with Crippen LogP contribution in [0, 0.1) is 11.3 Å². The summed E-state index contributed by atoms with van der Waals surface area (Å²) in [7, 11) is 0. The number of benzene rings is 5. The summed E-state index contributed by atoms with van der Waals surface area (Å²) in [5.41, 5.74) is 7.06. The summed E-state index contributed by atoms with van der Waals surface area (Å²) in [5, 5.41) is 11.1. The van der Waals surface area contributed by atoms with Crippen molar-refractivity contribution in [2.75, 3.05) is 0 Å². The Morgan fingerprint density at radius 3 is 1.68 bits per heavy atom. The van der Waals surface area contributed by atoms with Crippen LogP contribution in [-0.2, 0) is 22.4 Å². The molecule has 5 aromatic carbocycles. The van der Waals surface area contributed by atoms with Crippen molar-refractivity contribution in [2.24, 2.45) is 0 Å². The first-order valence-electron chi connectivity index (χ1n) is 11.7. The van der Waals surface area contributed by atoms with E-state index in [1.54, 1.807) is 0 Å². The van der Waals surface area contributed by atoms with Gasteiger partial charge in [-0.05, 0) is 26.0 Å². The molecule has 6 aromatic rings. The van der Waals surface area contributed by atoms with Crippen molar-refractivity contribution in [3.05, 3.63) is 133 Å². The van der Waals surface area contributed by atoms with E-state index in [0.29, 0.717) is 5.56 Å². The molecule has 1 aromatic heterocycles. The zero-order valence-corrected chi connectivity index (χ0v) is 21.9. The summed E-state index contributed by atoms with van der Waals surface area (Å²) < 4.78 is 4.20. The van der Waals surface area contributed by atoms with E-state index in [4.69, 9.17) is 5.26 Å². The average Bonchev–Trinajstić information content (AvgIpc) is 3.53. The van der Waals surface area contributed by atoms with Crippen molar-refractivity contribution in [1.29, 1.82) is 5.26 Å². The standard InChI is InChI=1S/C19H14N2.C13H7N2.Au/c1-3-9-16(10-4-1)20-15-21(17-11-5-2-6-12-17)19-14-8-7-13-18(19)20;14-8-9-5-6-11-10-3-1-2-4-12(10)15-13(11)7-9;/h1-14H;1-7H;/q+2;-1;+1. The molecule has 0 N–H and O–H groups in total. The number of rotatable bonds is 2. The third kappa shape index (κ3) is 4.69. The molecule has 0 amide bonds. The van der Waals surface area contributed by atoms with Crippen LogP contribution in [-0.4, -0.2) is 6.01 Å². The molecule has 178 valence electrons. The van der Waals surface area contributed by atoms with Crippen LogP contribution in [0.25, 0.3) is 21.8 Å². The third-order valence-electron chi connectivity index (χ3n) is 6.15. The van der Waals surface area contributed by atoms with Gasteiger partial charge in [0.25, 0.3) is 11.4 Å². The van der Waals surface area contributed by atoms with Crippen LogP contribution >= 0.6 is 0 Å². The first-order chi connectivity index (χ1) is 17.8. The van der Waals surface area contributed by atoms with Gasteiger partial charge in [-0.1, -0.05) is 84.9 Å². The van der Waals surface area contributed by atoms with Crippen LogP contribution < -0.4 is 14.1 Å². The smallest absolute Gasteiger partial charge is 0.657 e. The monoisotopic (exact) mass is 658 g/mol. The number of nitrogens with zero attached hydrogens (tertiary/aromatic N) is 4. The molecule has 37 heavy (non-hydrogen) atoms. The zero-order chi connectivity index (χ0) is 24.3. The fourth-order valence-corrected chi connectivity index (χ4v) is 4.45. The van der Waals surface area contributed by atoms with Crippen molar-refractivity contribution in [3.63, 3.8) is 0 Å². The molecule has 0 atom stereocenters. The van der Waals surface area contributed by atoms with E-state index in [1.165, 1.54) is 0 Å². The van der Waals surface area contributed by atoms with Gasteiger partial charge >= 0.3 is 28.4 Å². The Labute approximate surface area is 230 Å². The molecule has 2 heterocycles. The number of hydrogen-bond acceptors (Lipinski definition) is 1. The predicted molar refractivity (Wildman–Crippen MR) is 147 cm³/mol. The van der Waals surface area contributed by atoms with Gasteiger partial charge in [-0.25, -0.2) is 0 Å². The Morgan fingerprint density at radius 2 is 1.08 bits per heavy atom. The number of nitriles is 1. The molecule has 0 fully saturated rings. The molecule has 0 aliphatic carbocycles. The van der Waals surface area contributed by atoms with Crippen LogP contribution in [0.1, 0.15) is 5.56 Å². The van der Waals surface area contributed by atoms with Gasteiger partial charge in [-0.2, -0.15) is 5.26 Å². The summed E-state index contributed by atoms with van der Waals surface area (Å²) in [6.45, 7) is 0. The van der Waals surface area contributed by atoms with Crippen molar-refractivity contribution in [2.45, 2.75) is 0 Å². The Bertz CT molecular complexity index is 1750. The maximum atomic E-state index is 8.79. The van der Waals surface area contributed by atoms with Crippen molar-refractivity contribution < 1.29 is 22.4 Å². The zero-order valence-electron chi connectivity index (χ0n) is 19.7. The second-order valence-corrected chi connectivity index (χ2v) is 8.40. The van der Waals surface area contributed by atoms with E-state index in [0.717, 1.165) is 44.6 Å². The van der Waals surface area contributed by atoms with Crippen LogP contribution in [0.4, 0.5) is 22.7 Å². The number of hydrogen-bond donors (Lipinski definition) is 0. The molecule has 4 nitrogen and oxygen atoms in total. The van der Waals surface area contributed by atoms with Crippen molar-refractivity contribution >= 4 is 50.6 Å². The van der Waals surface area contributed by atoms with Crippen molar-refractivity contribution in [1.82, 2.24) is 14.1 Å². The maximum Gasteiger partial charge on any atom is 1.00 e. The number of para-hydroxylation sites is 5. The minimum Gasteiger partial charge on any atom is -0.657 e. The van der Waals surface area contributed by atoms with Crippen LogP contribution in [0.15, 0.2) is 127 Å². The van der Waals surface area contributed by atoms with Crippen LogP contribution in [0.3, 0.4) is 0 Å². The summed E-state index contributed by atoms with van der Waals surface area (Å²) in [5.74, 6) is 0. The molecule has 0 saturated heterocycles. The van der Waals surface area contributed by atoms with E-state index in [1.807, 2.05) is 72.8 Å². The summed E-state index contributed by atoms with van der Waals surface area (Å²) in [6.07, 6.45) is 0. The van der Waals surface area contributed by atoms with Crippen LogP contribution in [0.5, 0.6) is 0 Å². The normalized spacial score (nSPS) is 11.4. The molecule has 0 radical (unpaired) electrons. The number of aromatic nitrogens is 1. The molecule has 5 heteroatoms. The Hall–Kier alpha value is -4.49. The Balaban J connectivity index is 0.000000155. The molecule has 7 rings (SSSR count). The van der Waals surface area contributed by atoms with Gasteiger partial charge in [0.1, 0.15) is 0 Å². The second-order valence-electron chi connectivity index (χ2n) is 8.40. The van der Waals surface area contributed by atoms with Gasteiger partial charge < -0.3 is 4.98 Å². The maximum absolute atomic E-state index is 8.79. The fraction of sp³-hybridized carbons (Fsp3) is 0. The molecule has 1 aliphatic heterocycles. The van der Waals surface area contributed by atoms with E-state index in [2.05, 4.69) is 80.8 Å². The Morgan fingerprint density at radius 1 is 0.568 bits per heavy atom. The first-order valence-corrected chi connectivity index (χ1v) is 11.7. The largest absolute Gasteiger partial charge is 1.00 e. The molecule has 1 aliphatic rings. The molecule has 0 unspecified atom stereocenters. The van der Waals surface area contributed by atoms with Crippen LogP contribution in [0.2, 0.25) is 0 Å². The average molecular weight is 659 g/mol. The molecular weight excluding hydrogens is 637 g/mol. The Kier molecular flexibility index (Phi) is 6.96. The fourth-order valence-electron chi connectivity index (χ4n) is 4.45. The van der Waals surface area contributed by atoms with Gasteiger partial charge in [-0.15, -0.1) is 11.0 Å². The minimum absolute atomic E-state index is 0. The van der Waals surface area contributed by atoms with Gasteiger partial charge in [0.15, 0.2) is 0 Å². The minimum atomic E-state index is 0. The third-order valence-corrected chi connectivity index (χ3v) is 6.15. The summed E-state index contributed by atoms with van der Waals surface area (Å²) >= 11 is 0. The first kappa shape index (κ1) is 24.2. The van der Waals surface area contributed by atoms with Gasteiger partial charge in [-0.3, -0.25) is 0 Å². The second kappa shape index (κ2) is 10.6. The molecular formula is C32H21AuN4+2. The molecule has 0 spiro atoms. The van der Waals surface area contributed by atoms with Gasteiger partial charge in [0.2, 0.25) is 11.4 Å².